The highest BCUT2D eigenvalue weighted by Crippen LogP contribution is 2.48. The lowest BCUT2D eigenvalue weighted by molar-refractivity contribution is 0.0866. The van der Waals surface area contributed by atoms with E-state index in [9.17, 15) is 4.79 Å². The van der Waals surface area contributed by atoms with Crippen LogP contribution in [0, 0.1) is 11.8 Å². The van der Waals surface area contributed by atoms with Crippen molar-refractivity contribution in [3.8, 4) is 23.0 Å². The van der Waals surface area contributed by atoms with Gasteiger partial charge in [-0.25, -0.2) is 0 Å². The van der Waals surface area contributed by atoms with E-state index in [2.05, 4.69) is 6.92 Å². The highest BCUT2D eigenvalue weighted by Gasteiger charge is 2.39. The molecule has 5 heteroatoms. The predicted molar refractivity (Wildman–Crippen MR) is 96.6 cm³/mol. The monoisotopic (exact) mass is 354 g/mol. The first-order valence-corrected chi connectivity index (χ1v) is 8.74. The van der Waals surface area contributed by atoms with Crippen LogP contribution in [0.2, 0.25) is 0 Å². The zero-order chi connectivity index (χ0) is 18.4. The fourth-order valence-corrected chi connectivity index (χ4v) is 4.01. The van der Waals surface area contributed by atoms with Crippen molar-refractivity contribution in [1.29, 1.82) is 0 Å². The third kappa shape index (κ3) is 2.42. The van der Waals surface area contributed by atoms with E-state index in [1.165, 1.54) is 0 Å². The maximum Gasteiger partial charge on any atom is 0.231 e. The number of methoxy groups -OCH3 is 2. The second-order valence-corrected chi connectivity index (χ2v) is 6.90. The quantitative estimate of drug-likeness (QED) is 0.833. The van der Waals surface area contributed by atoms with Crippen molar-refractivity contribution in [3.63, 3.8) is 0 Å². The number of hydrogen-bond acceptors (Lipinski definition) is 5. The van der Waals surface area contributed by atoms with E-state index >= 15 is 0 Å². The summed E-state index contributed by atoms with van der Waals surface area (Å²) in [6, 6.07) is 9.74. The molecule has 1 aliphatic heterocycles. The van der Waals surface area contributed by atoms with E-state index in [0.29, 0.717) is 23.0 Å². The molecule has 1 aliphatic carbocycles. The Balaban J connectivity index is 1.89. The summed E-state index contributed by atoms with van der Waals surface area (Å²) in [6.45, 7) is 4.31. The molecule has 0 bridgehead atoms. The number of hydrogen-bond donors (Lipinski definition) is 0. The molecule has 2 aromatic carbocycles. The van der Waals surface area contributed by atoms with E-state index in [1.807, 2.05) is 37.3 Å². The Hall–Kier alpha value is -2.69. The third-order valence-electron chi connectivity index (χ3n) is 5.64. The van der Waals surface area contributed by atoms with Gasteiger partial charge < -0.3 is 18.9 Å². The van der Waals surface area contributed by atoms with Crippen LogP contribution in [0.15, 0.2) is 30.3 Å². The SMILES string of the molecule is COc1ccc([C@@H]2c3cc4c(cc3C(=O)C(C)C2C)OCO4)cc1OC. The number of rotatable bonds is 3. The Bertz CT molecular complexity index is 873. The normalized spacial score (nSPS) is 23.5. The first-order chi connectivity index (χ1) is 12.5. The molecule has 26 heavy (non-hydrogen) atoms. The van der Waals surface area contributed by atoms with E-state index in [1.54, 1.807) is 14.2 Å². The van der Waals surface area contributed by atoms with Gasteiger partial charge in [0, 0.05) is 17.4 Å². The molecule has 0 saturated heterocycles. The Kier molecular flexibility index (Phi) is 4.02. The summed E-state index contributed by atoms with van der Waals surface area (Å²) in [6.07, 6.45) is 0. The molecule has 0 fully saturated rings. The molecule has 0 spiro atoms. The Morgan fingerprint density at radius 1 is 0.962 bits per heavy atom. The lowest BCUT2D eigenvalue weighted by Gasteiger charge is -2.35. The summed E-state index contributed by atoms with van der Waals surface area (Å²) in [7, 11) is 3.25. The zero-order valence-corrected chi connectivity index (χ0v) is 15.4. The van der Waals surface area contributed by atoms with Crippen LogP contribution in [-0.4, -0.2) is 26.8 Å². The molecule has 0 N–H and O–H groups in total. The van der Waals surface area contributed by atoms with Crippen molar-refractivity contribution < 1.29 is 23.7 Å². The summed E-state index contributed by atoms with van der Waals surface area (Å²) in [5, 5.41) is 0. The van der Waals surface area contributed by atoms with Crippen LogP contribution >= 0.6 is 0 Å². The molecule has 4 rings (SSSR count). The van der Waals surface area contributed by atoms with Gasteiger partial charge in [0.05, 0.1) is 14.2 Å². The average Bonchev–Trinajstić information content (AvgIpc) is 3.12. The molecule has 136 valence electrons. The summed E-state index contributed by atoms with van der Waals surface area (Å²) in [5.41, 5.74) is 2.80. The topological polar surface area (TPSA) is 54.0 Å². The number of carbonyl (C=O) groups is 1. The average molecular weight is 354 g/mol. The second kappa shape index (κ2) is 6.24. The van der Waals surface area contributed by atoms with Gasteiger partial charge in [0.15, 0.2) is 28.8 Å². The molecule has 0 saturated carbocycles. The lowest BCUT2D eigenvalue weighted by Crippen LogP contribution is -2.32. The van der Waals surface area contributed by atoms with Crippen LogP contribution < -0.4 is 18.9 Å². The Labute approximate surface area is 152 Å². The van der Waals surface area contributed by atoms with E-state index < -0.39 is 0 Å². The molecule has 3 atom stereocenters. The van der Waals surface area contributed by atoms with Gasteiger partial charge in [-0.2, -0.15) is 0 Å². The molecule has 1 heterocycles. The van der Waals surface area contributed by atoms with Gasteiger partial charge >= 0.3 is 0 Å². The van der Waals surface area contributed by atoms with Crippen molar-refractivity contribution in [2.45, 2.75) is 19.8 Å². The summed E-state index contributed by atoms with van der Waals surface area (Å²) < 4.78 is 21.9. The number of fused-ring (bicyclic) bond motifs is 2. The molecule has 2 unspecified atom stereocenters. The number of benzene rings is 2. The zero-order valence-electron chi connectivity index (χ0n) is 15.4. The lowest BCUT2D eigenvalue weighted by atomic mass is 9.67. The Morgan fingerprint density at radius 3 is 2.35 bits per heavy atom. The second-order valence-electron chi connectivity index (χ2n) is 6.90. The standard InChI is InChI=1S/C21H22O5/c1-11-12(2)21(22)15-9-19-18(25-10-26-19)8-14(15)20(11)13-5-6-16(23-3)17(7-13)24-4/h5-9,11-12,20H,10H2,1-4H3/t11?,12?,20-/m1/s1. The molecule has 2 aliphatic rings. The highest BCUT2D eigenvalue weighted by atomic mass is 16.7. The maximum atomic E-state index is 12.9. The van der Waals surface area contributed by atoms with Gasteiger partial charge in [-0.1, -0.05) is 19.9 Å². The molecule has 5 nitrogen and oxygen atoms in total. The van der Waals surface area contributed by atoms with Crippen LogP contribution in [0.3, 0.4) is 0 Å². The predicted octanol–water partition coefficient (Wildman–Crippen LogP) is 4.03. The van der Waals surface area contributed by atoms with Gasteiger partial charge in [0.2, 0.25) is 6.79 Å². The smallest absolute Gasteiger partial charge is 0.231 e. The number of Topliss-reactive ketones (excluding diaryl/α,β-unsaturated/α-hetero) is 1. The molecule has 2 aromatic rings. The maximum absolute atomic E-state index is 12.9. The summed E-state index contributed by atoms with van der Waals surface area (Å²) in [4.78, 5) is 12.9. The fourth-order valence-electron chi connectivity index (χ4n) is 4.01. The largest absolute Gasteiger partial charge is 0.493 e. The van der Waals surface area contributed by atoms with Crippen LogP contribution in [-0.2, 0) is 0 Å². The molecule has 0 amide bonds. The van der Waals surface area contributed by atoms with Crippen LogP contribution in [0.25, 0.3) is 0 Å². The van der Waals surface area contributed by atoms with E-state index in [0.717, 1.165) is 16.7 Å². The molecule has 0 aromatic heterocycles. The Morgan fingerprint density at radius 2 is 1.65 bits per heavy atom. The van der Waals surface area contributed by atoms with Crippen molar-refractivity contribution in [2.24, 2.45) is 11.8 Å². The van der Waals surface area contributed by atoms with Gasteiger partial charge in [0.25, 0.3) is 0 Å². The van der Waals surface area contributed by atoms with Crippen LogP contribution in [0.4, 0.5) is 0 Å². The highest BCUT2D eigenvalue weighted by molar-refractivity contribution is 6.01. The molecule has 0 radical (unpaired) electrons. The third-order valence-corrected chi connectivity index (χ3v) is 5.64. The minimum absolute atomic E-state index is 0.0620. The van der Waals surface area contributed by atoms with Gasteiger partial charge in [0.1, 0.15) is 0 Å². The minimum atomic E-state index is -0.0824. The minimum Gasteiger partial charge on any atom is -0.493 e. The van der Waals surface area contributed by atoms with Gasteiger partial charge in [-0.3, -0.25) is 4.79 Å². The van der Waals surface area contributed by atoms with Crippen LogP contribution in [0.1, 0.15) is 41.3 Å². The first-order valence-electron chi connectivity index (χ1n) is 8.74. The first kappa shape index (κ1) is 16.8. The van der Waals surface area contributed by atoms with Crippen LogP contribution in [0.5, 0.6) is 23.0 Å². The molecular formula is C21H22O5. The van der Waals surface area contributed by atoms with Crippen molar-refractivity contribution in [1.82, 2.24) is 0 Å². The number of ether oxygens (including phenoxy) is 4. The number of ketones is 1. The number of carbonyl (C=O) groups excluding carboxylic acids is 1. The fraction of sp³-hybridized carbons (Fsp3) is 0.381. The van der Waals surface area contributed by atoms with Gasteiger partial charge in [-0.15, -0.1) is 0 Å². The summed E-state index contributed by atoms with van der Waals surface area (Å²) in [5.74, 6) is 3.00. The van der Waals surface area contributed by atoms with E-state index in [-0.39, 0.29) is 30.3 Å². The van der Waals surface area contributed by atoms with E-state index in [4.69, 9.17) is 18.9 Å². The summed E-state index contributed by atoms with van der Waals surface area (Å²) >= 11 is 0. The van der Waals surface area contributed by atoms with Crippen molar-refractivity contribution in [3.05, 3.63) is 47.0 Å². The molecular weight excluding hydrogens is 332 g/mol. The van der Waals surface area contributed by atoms with Crippen molar-refractivity contribution in [2.75, 3.05) is 21.0 Å². The van der Waals surface area contributed by atoms with Crippen molar-refractivity contribution >= 4 is 5.78 Å². The van der Waals surface area contributed by atoms with Gasteiger partial charge in [-0.05, 0) is 41.3 Å².